The number of benzene rings is 1. The molecule has 0 aliphatic heterocycles. The number of hydrogen-bond donors (Lipinski definition) is 2. The normalized spacial score (nSPS) is 10.7. The number of allylic oxidation sites excluding steroid dienone is 1. The number of hydrazine groups is 1. The standard InChI is InChI=1S/C14H11N5O3S/c1-9-8-23-14(17-9)11(6-15)7-16-18-13(20)10-3-2-4-12(5-10)19(21)22/h2-5,7-8,16H,1H3,(H,18,20)/b11-7+. The molecule has 0 spiro atoms. The summed E-state index contributed by atoms with van der Waals surface area (Å²) < 4.78 is 0. The Morgan fingerprint density at radius 1 is 1.52 bits per heavy atom. The van der Waals surface area contributed by atoms with Crippen molar-refractivity contribution in [2.24, 2.45) is 0 Å². The van der Waals surface area contributed by atoms with E-state index in [2.05, 4.69) is 15.8 Å². The highest BCUT2D eigenvalue weighted by molar-refractivity contribution is 7.10. The Morgan fingerprint density at radius 2 is 2.30 bits per heavy atom. The van der Waals surface area contributed by atoms with E-state index < -0.39 is 10.8 Å². The maximum absolute atomic E-state index is 11.9. The van der Waals surface area contributed by atoms with Crippen molar-refractivity contribution >= 4 is 28.5 Å². The van der Waals surface area contributed by atoms with Crippen molar-refractivity contribution in [3.63, 3.8) is 0 Å². The van der Waals surface area contributed by atoms with Gasteiger partial charge in [-0.25, -0.2) is 4.98 Å². The van der Waals surface area contributed by atoms with Crippen LogP contribution in [0.5, 0.6) is 0 Å². The predicted octanol–water partition coefficient (Wildman–Crippen LogP) is 2.16. The van der Waals surface area contributed by atoms with E-state index in [9.17, 15) is 14.9 Å². The zero-order valence-electron chi connectivity index (χ0n) is 11.9. The monoisotopic (exact) mass is 329 g/mol. The van der Waals surface area contributed by atoms with Crippen LogP contribution in [0.2, 0.25) is 0 Å². The molecular weight excluding hydrogens is 318 g/mol. The third kappa shape index (κ3) is 4.12. The fraction of sp³-hybridized carbons (Fsp3) is 0.0714. The zero-order chi connectivity index (χ0) is 16.8. The largest absolute Gasteiger partial charge is 0.304 e. The average molecular weight is 329 g/mol. The van der Waals surface area contributed by atoms with Crippen LogP contribution < -0.4 is 10.9 Å². The van der Waals surface area contributed by atoms with Crippen LogP contribution in [0.1, 0.15) is 21.1 Å². The van der Waals surface area contributed by atoms with Gasteiger partial charge < -0.3 is 5.43 Å². The van der Waals surface area contributed by atoms with Crippen LogP contribution in [-0.4, -0.2) is 15.8 Å². The number of thiazole rings is 1. The highest BCUT2D eigenvalue weighted by Gasteiger charge is 2.11. The number of aromatic nitrogens is 1. The Hall–Kier alpha value is -3.25. The van der Waals surface area contributed by atoms with Crippen molar-refractivity contribution in [2.75, 3.05) is 0 Å². The minimum atomic E-state index is -0.581. The Morgan fingerprint density at radius 3 is 2.91 bits per heavy atom. The molecule has 0 unspecified atom stereocenters. The molecule has 0 saturated heterocycles. The zero-order valence-corrected chi connectivity index (χ0v) is 12.8. The third-order valence-electron chi connectivity index (χ3n) is 2.69. The van der Waals surface area contributed by atoms with Gasteiger partial charge in [0, 0.05) is 35.0 Å². The second kappa shape index (κ2) is 7.15. The number of nitro groups is 1. The summed E-state index contributed by atoms with van der Waals surface area (Å²) in [6.45, 7) is 1.81. The summed E-state index contributed by atoms with van der Waals surface area (Å²) in [6.07, 6.45) is 1.31. The Bertz CT molecular complexity index is 822. The van der Waals surface area contributed by atoms with Crippen molar-refractivity contribution in [3.8, 4) is 6.07 Å². The number of amides is 1. The molecule has 0 fully saturated rings. The molecule has 2 N–H and O–H groups in total. The first kappa shape index (κ1) is 16.1. The van der Waals surface area contributed by atoms with Crippen molar-refractivity contribution in [3.05, 3.63) is 62.2 Å². The van der Waals surface area contributed by atoms with Gasteiger partial charge in [0.05, 0.1) is 4.92 Å². The quantitative estimate of drug-likeness (QED) is 0.492. The van der Waals surface area contributed by atoms with Crippen LogP contribution in [-0.2, 0) is 0 Å². The molecule has 8 nitrogen and oxygen atoms in total. The lowest BCUT2D eigenvalue weighted by Crippen LogP contribution is -2.33. The fourth-order valence-electron chi connectivity index (χ4n) is 1.63. The molecule has 0 bridgehead atoms. The topological polar surface area (TPSA) is 121 Å². The molecule has 2 rings (SSSR count). The van der Waals surface area contributed by atoms with Crippen LogP contribution >= 0.6 is 11.3 Å². The number of aryl methyl sites for hydroxylation is 1. The predicted molar refractivity (Wildman–Crippen MR) is 84.1 cm³/mol. The third-order valence-corrected chi connectivity index (χ3v) is 3.68. The maximum Gasteiger partial charge on any atom is 0.270 e. The van der Waals surface area contributed by atoms with Crippen molar-refractivity contribution < 1.29 is 9.72 Å². The van der Waals surface area contributed by atoms with E-state index in [1.807, 2.05) is 18.4 Å². The minimum Gasteiger partial charge on any atom is -0.304 e. The van der Waals surface area contributed by atoms with Crippen LogP contribution in [0.25, 0.3) is 5.57 Å². The smallest absolute Gasteiger partial charge is 0.270 e. The molecule has 23 heavy (non-hydrogen) atoms. The highest BCUT2D eigenvalue weighted by Crippen LogP contribution is 2.17. The number of nitrogens with zero attached hydrogens (tertiary/aromatic N) is 3. The number of carbonyl (C=O) groups is 1. The summed E-state index contributed by atoms with van der Waals surface area (Å²) >= 11 is 1.31. The summed E-state index contributed by atoms with van der Waals surface area (Å²) in [4.78, 5) is 26.2. The van der Waals surface area contributed by atoms with Gasteiger partial charge in [-0.1, -0.05) is 6.07 Å². The number of nitro benzene ring substituents is 1. The summed E-state index contributed by atoms with van der Waals surface area (Å²) in [5, 5.41) is 22.1. The number of non-ortho nitro benzene ring substituents is 1. The Labute approximate surface area is 135 Å². The van der Waals surface area contributed by atoms with Crippen LogP contribution in [0, 0.1) is 28.4 Å². The molecule has 1 aromatic heterocycles. The van der Waals surface area contributed by atoms with E-state index in [1.54, 1.807) is 0 Å². The van der Waals surface area contributed by atoms with Gasteiger partial charge in [0.2, 0.25) is 0 Å². The number of hydrogen-bond acceptors (Lipinski definition) is 7. The lowest BCUT2D eigenvalue weighted by molar-refractivity contribution is -0.384. The summed E-state index contributed by atoms with van der Waals surface area (Å²) in [7, 11) is 0. The average Bonchev–Trinajstić information content (AvgIpc) is 2.97. The molecule has 1 aromatic carbocycles. The van der Waals surface area contributed by atoms with Crippen LogP contribution in [0.4, 0.5) is 5.69 Å². The van der Waals surface area contributed by atoms with E-state index in [-0.39, 0.29) is 16.8 Å². The second-order valence-electron chi connectivity index (χ2n) is 4.37. The van der Waals surface area contributed by atoms with Crippen molar-refractivity contribution in [2.45, 2.75) is 6.92 Å². The Kier molecular flexibility index (Phi) is 5.01. The van der Waals surface area contributed by atoms with Crippen molar-refractivity contribution in [1.29, 1.82) is 5.26 Å². The lowest BCUT2D eigenvalue weighted by Gasteiger charge is -2.04. The molecule has 0 aliphatic carbocycles. The highest BCUT2D eigenvalue weighted by atomic mass is 32.1. The molecule has 0 saturated carbocycles. The van der Waals surface area contributed by atoms with Gasteiger partial charge >= 0.3 is 0 Å². The van der Waals surface area contributed by atoms with Crippen molar-refractivity contribution in [1.82, 2.24) is 15.8 Å². The van der Waals surface area contributed by atoms with Gasteiger partial charge in [0.15, 0.2) is 0 Å². The Balaban J connectivity index is 2.04. The second-order valence-corrected chi connectivity index (χ2v) is 5.23. The number of nitriles is 1. The van der Waals surface area contributed by atoms with E-state index in [0.29, 0.717) is 5.01 Å². The molecular formula is C14H11N5O3S. The number of carbonyl (C=O) groups excluding carboxylic acids is 1. The molecule has 0 radical (unpaired) electrons. The molecule has 1 amide bonds. The maximum atomic E-state index is 11.9. The molecule has 2 aromatic rings. The van der Waals surface area contributed by atoms with Crippen LogP contribution in [0.3, 0.4) is 0 Å². The summed E-state index contributed by atoms with van der Waals surface area (Å²) in [6, 6.07) is 7.30. The van der Waals surface area contributed by atoms with E-state index in [1.165, 1.54) is 35.7 Å². The van der Waals surface area contributed by atoms with E-state index in [4.69, 9.17) is 5.26 Å². The number of nitrogens with one attached hydrogen (secondary N) is 2. The molecule has 0 atom stereocenters. The van der Waals surface area contributed by atoms with Crippen LogP contribution in [0.15, 0.2) is 35.8 Å². The minimum absolute atomic E-state index is 0.128. The van der Waals surface area contributed by atoms with E-state index in [0.717, 1.165) is 11.8 Å². The first-order valence-corrected chi connectivity index (χ1v) is 7.22. The number of rotatable bonds is 5. The molecule has 1 heterocycles. The van der Waals surface area contributed by atoms with E-state index >= 15 is 0 Å². The molecule has 116 valence electrons. The molecule has 9 heteroatoms. The van der Waals surface area contributed by atoms with Gasteiger partial charge in [-0.05, 0) is 13.0 Å². The SMILES string of the molecule is Cc1csc(/C(C#N)=C/NNC(=O)c2cccc([N+](=O)[O-])c2)n1. The van der Waals surface area contributed by atoms with Gasteiger partial charge in [0.1, 0.15) is 16.6 Å². The van der Waals surface area contributed by atoms with Gasteiger partial charge in [-0.15, -0.1) is 11.3 Å². The lowest BCUT2D eigenvalue weighted by atomic mass is 10.2. The van der Waals surface area contributed by atoms with Gasteiger partial charge in [0.25, 0.3) is 11.6 Å². The van der Waals surface area contributed by atoms with Gasteiger partial charge in [-0.2, -0.15) is 5.26 Å². The summed E-state index contributed by atoms with van der Waals surface area (Å²) in [5.41, 5.74) is 5.86. The fourth-order valence-corrected chi connectivity index (χ4v) is 2.39. The summed E-state index contributed by atoms with van der Waals surface area (Å²) in [5.74, 6) is -0.558. The molecule has 0 aliphatic rings. The first-order chi connectivity index (χ1) is 11.0. The van der Waals surface area contributed by atoms with Gasteiger partial charge in [-0.3, -0.25) is 20.3 Å². The first-order valence-electron chi connectivity index (χ1n) is 6.34.